The molecule has 0 saturated heterocycles. The van der Waals surface area contributed by atoms with Gasteiger partial charge in [-0.3, -0.25) is 0 Å². The van der Waals surface area contributed by atoms with Crippen LogP contribution in [0.2, 0.25) is 5.02 Å². The van der Waals surface area contributed by atoms with Gasteiger partial charge in [-0.1, -0.05) is 33.6 Å². The third-order valence-electron chi connectivity index (χ3n) is 2.94. The number of phenols is 1. The normalized spacial score (nSPS) is 10.4. The number of carbonyl (C=O) groups is 1. The molecule has 0 saturated carbocycles. The number of hydrogen-bond acceptors (Lipinski definition) is 4. The summed E-state index contributed by atoms with van der Waals surface area (Å²) in [5, 5.41) is 9.71. The van der Waals surface area contributed by atoms with E-state index in [0.29, 0.717) is 11.1 Å². The summed E-state index contributed by atoms with van der Waals surface area (Å²) >= 11 is 9.01. The molecule has 0 spiro atoms. The molecule has 7 heteroatoms. The van der Waals surface area contributed by atoms with Gasteiger partial charge in [0, 0.05) is 10.0 Å². The Morgan fingerprint density at radius 3 is 2.74 bits per heavy atom. The van der Waals surface area contributed by atoms with Gasteiger partial charge in [0.15, 0.2) is 11.5 Å². The lowest BCUT2D eigenvalue weighted by Crippen LogP contribution is -2.07. The lowest BCUT2D eigenvalue weighted by molar-refractivity contribution is 0.0468. The van der Waals surface area contributed by atoms with Crippen molar-refractivity contribution in [3.8, 4) is 11.5 Å². The summed E-state index contributed by atoms with van der Waals surface area (Å²) in [6.45, 7) is 1.81. The topological polar surface area (TPSA) is 55.8 Å². The van der Waals surface area contributed by atoms with E-state index in [1.807, 2.05) is 0 Å². The van der Waals surface area contributed by atoms with Gasteiger partial charge in [-0.15, -0.1) is 0 Å². The molecule has 0 aromatic heterocycles. The molecule has 2 aromatic carbocycles. The van der Waals surface area contributed by atoms with E-state index in [4.69, 9.17) is 21.1 Å². The Hall–Kier alpha value is -1.79. The van der Waals surface area contributed by atoms with Gasteiger partial charge >= 0.3 is 5.97 Å². The van der Waals surface area contributed by atoms with Gasteiger partial charge in [0.05, 0.1) is 17.2 Å². The maximum Gasteiger partial charge on any atom is 0.338 e. The molecule has 0 atom stereocenters. The number of carbonyl (C=O) groups excluding carboxylic acids is 1. The fraction of sp³-hybridized carbons (Fsp3) is 0.188. The van der Waals surface area contributed by atoms with Crippen LogP contribution < -0.4 is 4.74 Å². The highest BCUT2D eigenvalue weighted by Gasteiger charge is 2.16. The second kappa shape index (κ2) is 7.66. The van der Waals surface area contributed by atoms with E-state index < -0.39 is 11.8 Å². The van der Waals surface area contributed by atoms with Crippen LogP contribution in [0.1, 0.15) is 22.8 Å². The average molecular weight is 404 g/mol. The smallest absolute Gasteiger partial charge is 0.338 e. The van der Waals surface area contributed by atoms with E-state index in [1.54, 1.807) is 13.0 Å². The summed E-state index contributed by atoms with van der Waals surface area (Å²) in [6.07, 6.45) is 0. The third-order valence-corrected chi connectivity index (χ3v) is 3.72. The van der Waals surface area contributed by atoms with Crippen LogP contribution in [-0.2, 0) is 11.3 Å². The SMILES string of the molecule is CCOc1cc(C(=O)OCc2ccc(Br)cc2F)cc(Cl)c1O. The average Bonchev–Trinajstić information content (AvgIpc) is 2.50. The second-order valence-corrected chi connectivity index (χ2v) is 5.87. The van der Waals surface area contributed by atoms with Crippen LogP contribution in [0.5, 0.6) is 11.5 Å². The lowest BCUT2D eigenvalue weighted by Gasteiger charge is -2.10. The summed E-state index contributed by atoms with van der Waals surface area (Å²) < 4.78 is 24.6. The van der Waals surface area contributed by atoms with Crippen molar-refractivity contribution in [2.45, 2.75) is 13.5 Å². The van der Waals surface area contributed by atoms with E-state index in [9.17, 15) is 14.3 Å². The molecule has 0 aliphatic heterocycles. The number of hydrogen-bond donors (Lipinski definition) is 1. The number of rotatable bonds is 5. The van der Waals surface area contributed by atoms with Crippen LogP contribution in [-0.4, -0.2) is 17.7 Å². The third kappa shape index (κ3) is 4.36. The molecule has 0 aliphatic rings. The Bertz CT molecular complexity index is 736. The van der Waals surface area contributed by atoms with Gasteiger partial charge in [0.2, 0.25) is 0 Å². The maximum absolute atomic E-state index is 13.7. The highest BCUT2D eigenvalue weighted by molar-refractivity contribution is 9.10. The van der Waals surface area contributed by atoms with Gasteiger partial charge in [-0.2, -0.15) is 0 Å². The minimum absolute atomic E-state index is 0.0299. The molecule has 0 unspecified atom stereocenters. The summed E-state index contributed by atoms with van der Waals surface area (Å²) in [5.74, 6) is -1.34. The van der Waals surface area contributed by atoms with Crippen molar-refractivity contribution in [2.24, 2.45) is 0 Å². The Labute approximate surface area is 145 Å². The maximum atomic E-state index is 13.7. The molecular weight excluding hydrogens is 391 g/mol. The first-order chi connectivity index (χ1) is 10.9. The van der Waals surface area contributed by atoms with Gasteiger partial charge in [-0.05, 0) is 31.2 Å². The fourth-order valence-corrected chi connectivity index (χ4v) is 2.37. The lowest BCUT2D eigenvalue weighted by atomic mass is 10.2. The monoisotopic (exact) mass is 402 g/mol. The molecule has 122 valence electrons. The van der Waals surface area contributed by atoms with Crippen molar-refractivity contribution in [1.82, 2.24) is 0 Å². The van der Waals surface area contributed by atoms with Gasteiger partial charge in [0.25, 0.3) is 0 Å². The quantitative estimate of drug-likeness (QED) is 0.735. The molecule has 0 heterocycles. The van der Waals surface area contributed by atoms with Crippen LogP contribution in [0.4, 0.5) is 4.39 Å². The Morgan fingerprint density at radius 2 is 2.09 bits per heavy atom. The molecule has 0 fully saturated rings. The first-order valence-electron chi connectivity index (χ1n) is 6.68. The molecular formula is C16H13BrClFO4. The molecule has 0 aliphatic carbocycles. The van der Waals surface area contributed by atoms with Gasteiger partial charge in [-0.25, -0.2) is 9.18 Å². The number of esters is 1. The van der Waals surface area contributed by atoms with Crippen molar-refractivity contribution >= 4 is 33.5 Å². The summed E-state index contributed by atoms with van der Waals surface area (Å²) in [6, 6.07) is 7.04. The molecule has 4 nitrogen and oxygen atoms in total. The van der Waals surface area contributed by atoms with Crippen molar-refractivity contribution in [3.63, 3.8) is 0 Å². The molecule has 23 heavy (non-hydrogen) atoms. The number of phenolic OH excluding ortho intramolecular Hbond substituents is 1. The van der Waals surface area contributed by atoms with E-state index >= 15 is 0 Å². The van der Waals surface area contributed by atoms with Crippen LogP contribution in [0.3, 0.4) is 0 Å². The Morgan fingerprint density at radius 1 is 1.35 bits per heavy atom. The molecule has 0 radical (unpaired) electrons. The van der Waals surface area contributed by atoms with E-state index in [0.717, 1.165) is 0 Å². The van der Waals surface area contributed by atoms with E-state index in [1.165, 1.54) is 24.3 Å². The van der Waals surface area contributed by atoms with Crippen molar-refractivity contribution < 1.29 is 23.8 Å². The minimum Gasteiger partial charge on any atom is -0.503 e. The van der Waals surface area contributed by atoms with E-state index in [2.05, 4.69) is 15.9 Å². The Kier molecular flexibility index (Phi) is 5.85. The molecule has 0 bridgehead atoms. The Balaban J connectivity index is 2.14. The number of ether oxygens (including phenoxy) is 2. The van der Waals surface area contributed by atoms with Crippen LogP contribution in [0.25, 0.3) is 0 Å². The second-order valence-electron chi connectivity index (χ2n) is 4.55. The zero-order valence-electron chi connectivity index (χ0n) is 12.1. The predicted octanol–water partition coefficient (Wildman–Crippen LogP) is 4.70. The van der Waals surface area contributed by atoms with Crippen LogP contribution >= 0.6 is 27.5 Å². The molecule has 2 aromatic rings. The summed E-state index contributed by atoms with van der Waals surface area (Å²) in [4.78, 5) is 12.1. The van der Waals surface area contributed by atoms with Crippen molar-refractivity contribution in [3.05, 3.63) is 56.8 Å². The minimum atomic E-state index is -0.699. The highest BCUT2D eigenvalue weighted by atomic mass is 79.9. The van der Waals surface area contributed by atoms with Crippen molar-refractivity contribution in [2.75, 3.05) is 6.61 Å². The van der Waals surface area contributed by atoms with Crippen LogP contribution in [0.15, 0.2) is 34.8 Å². The standard InChI is InChI=1S/C16H13BrClFO4/c1-2-22-14-6-10(5-12(18)15(14)20)16(21)23-8-9-3-4-11(17)7-13(9)19/h3-7,20H,2,8H2,1H3. The molecule has 2 rings (SSSR count). The van der Waals surface area contributed by atoms with Gasteiger partial charge in [0.1, 0.15) is 12.4 Å². The largest absolute Gasteiger partial charge is 0.503 e. The first kappa shape index (κ1) is 17.6. The van der Waals surface area contributed by atoms with E-state index in [-0.39, 0.29) is 34.3 Å². The fourth-order valence-electron chi connectivity index (χ4n) is 1.82. The van der Waals surface area contributed by atoms with Gasteiger partial charge < -0.3 is 14.6 Å². The summed E-state index contributed by atoms with van der Waals surface area (Å²) in [5.41, 5.74) is 0.352. The number of benzene rings is 2. The number of halogens is 3. The number of aromatic hydroxyl groups is 1. The van der Waals surface area contributed by atoms with Crippen LogP contribution in [0, 0.1) is 5.82 Å². The van der Waals surface area contributed by atoms with Crippen molar-refractivity contribution in [1.29, 1.82) is 0 Å². The zero-order chi connectivity index (χ0) is 17.0. The molecule has 0 amide bonds. The predicted molar refractivity (Wildman–Crippen MR) is 87.5 cm³/mol. The summed E-state index contributed by atoms with van der Waals surface area (Å²) in [7, 11) is 0. The highest BCUT2D eigenvalue weighted by Crippen LogP contribution is 2.35. The molecule has 1 N–H and O–H groups in total. The first-order valence-corrected chi connectivity index (χ1v) is 7.85. The zero-order valence-corrected chi connectivity index (χ0v) is 14.4.